The Morgan fingerprint density at radius 1 is 1.29 bits per heavy atom. The summed E-state index contributed by atoms with van der Waals surface area (Å²) in [7, 11) is 0. The molecule has 0 bridgehead atoms. The fourth-order valence-electron chi connectivity index (χ4n) is 1.75. The van der Waals surface area contributed by atoms with Gasteiger partial charge in [0.05, 0.1) is 6.10 Å². The molecule has 76 valence electrons. The Morgan fingerprint density at radius 2 is 2.00 bits per heavy atom. The van der Waals surface area contributed by atoms with Gasteiger partial charge in [-0.05, 0) is 31.2 Å². The van der Waals surface area contributed by atoms with Gasteiger partial charge in [0.15, 0.2) is 0 Å². The minimum absolute atomic E-state index is 0.311. The number of aliphatic hydroxyl groups is 2. The lowest BCUT2D eigenvalue weighted by Crippen LogP contribution is -2.20. The molecular weight excluding hydrogens is 176 g/mol. The second kappa shape index (κ2) is 3.71. The van der Waals surface area contributed by atoms with Crippen LogP contribution in [0.4, 0.5) is 0 Å². The van der Waals surface area contributed by atoms with E-state index in [0.29, 0.717) is 5.92 Å². The first-order valence-electron chi connectivity index (χ1n) is 5.11. The SMILES string of the molecule is Cc1cccc(C(O)C(O)C2CC2)c1. The topological polar surface area (TPSA) is 40.5 Å². The van der Waals surface area contributed by atoms with Crippen LogP contribution in [0.2, 0.25) is 0 Å². The summed E-state index contributed by atoms with van der Waals surface area (Å²) in [5, 5.41) is 19.6. The van der Waals surface area contributed by atoms with E-state index in [-0.39, 0.29) is 0 Å². The van der Waals surface area contributed by atoms with Crippen LogP contribution in [0.15, 0.2) is 24.3 Å². The Kier molecular flexibility index (Phi) is 2.57. The predicted molar refractivity (Wildman–Crippen MR) is 54.9 cm³/mol. The van der Waals surface area contributed by atoms with Crippen molar-refractivity contribution in [1.82, 2.24) is 0 Å². The van der Waals surface area contributed by atoms with Gasteiger partial charge < -0.3 is 10.2 Å². The third-order valence-corrected chi connectivity index (χ3v) is 2.81. The third-order valence-electron chi connectivity index (χ3n) is 2.81. The van der Waals surface area contributed by atoms with Crippen LogP contribution in [0.1, 0.15) is 30.1 Å². The van der Waals surface area contributed by atoms with Gasteiger partial charge in [0.1, 0.15) is 6.10 Å². The Bertz CT molecular complexity index is 318. The zero-order chi connectivity index (χ0) is 10.1. The molecule has 2 unspecified atom stereocenters. The molecule has 14 heavy (non-hydrogen) atoms. The lowest BCUT2D eigenvalue weighted by atomic mass is 10.00. The van der Waals surface area contributed by atoms with Crippen molar-refractivity contribution in [3.63, 3.8) is 0 Å². The van der Waals surface area contributed by atoms with Gasteiger partial charge in [-0.3, -0.25) is 0 Å². The average Bonchev–Trinajstić information content (AvgIpc) is 2.99. The fourth-order valence-corrected chi connectivity index (χ4v) is 1.75. The number of hydrogen-bond donors (Lipinski definition) is 2. The Labute approximate surface area is 84.2 Å². The van der Waals surface area contributed by atoms with Gasteiger partial charge in [-0.1, -0.05) is 29.8 Å². The number of benzene rings is 1. The molecule has 2 nitrogen and oxygen atoms in total. The highest BCUT2D eigenvalue weighted by Crippen LogP contribution is 2.37. The zero-order valence-corrected chi connectivity index (χ0v) is 8.35. The summed E-state index contributed by atoms with van der Waals surface area (Å²) in [4.78, 5) is 0. The van der Waals surface area contributed by atoms with Crippen molar-refractivity contribution in [1.29, 1.82) is 0 Å². The molecule has 1 aliphatic rings. The fraction of sp³-hybridized carbons (Fsp3) is 0.500. The highest BCUT2D eigenvalue weighted by atomic mass is 16.3. The zero-order valence-electron chi connectivity index (χ0n) is 8.35. The van der Waals surface area contributed by atoms with E-state index in [2.05, 4.69) is 0 Å². The third kappa shape index (κ3) is 1.97. The monoisotopic (exact) mass is 192 g/mol. The van der Waals surface area contributed by atoms with E-state index in [9.17, 15) is 10.2 Å². The smallest absolute Gasteiger partial charge is 0.105 e. The van der Waals surface area contributed by atoms with Crippen LogP contribution >= 0.6 is 0 Å². The molecular formula is C12H16O2. The number of aliphatic hydroxyl groups excluding tert-OH is 2. The maximum atomic E-state index is 9.87. The lowest BCUT2D eigenvalue weighted by Gasteiger charge is -2.17. The Balaban J connectivity index is 2.13. The Hall–Kier alpha value is -0.860. The quantitative estimate of drug-likeness (QED) is 0.766. The maximum Gasteiger partial charge on any atom is 0.105 e. The van der Waals surface area contributed by atoms with E-state index in [0.717, 1.165) is 24.0 Å². The lowest BCUT2D eigenvalue weighted by molar-refractivity contribution is 0.00482. The summed E-state index contributed by atoms with van der Waals surface area (Å²) in [6.45, 7) is 1.99. The number of aryl methyl sites for hydroxylation is 1. The first kappa shape index (κ1) is 9.69. The second-order valence-corrected chi connectivity index (χ2v) is 4.19. The van der Waals surface area contributed by atoms with Crippen LogP contribution in [0, 0.1) is 12.8 Å². The van der Waals surface area contributed by atoms with Crippen LogP contribution in [0.3, 0.4) is 0 Å². The highest BCUT2D eigenvalue weighted by molar-refractivity contribution is 5.25. The molecule has 1 aromatic rings. The largest absolute Gasteiger partial charge is 0.390 e. The minimum atomic E-state index is -0.720. The summed E-state index contributed by atoms with van der Waals surface area (Å²) in [6, 6.07) is 7.69. The van der Waals surface area contributed by atoms with Crippen LogP contribution in [0.25, 0.3) is 0 Å². The first-order chi connectivity index (χ1) is 6.68. The van der Waals surface area contributed by atoms with E-state index >= 15 is 0 Å². The van der Waals surface area contributed by atoms with Crippen LogP contribution in [-0.2, 0) is 0 Å². The normalized spacial score (nSPS) is 20.5. The number of rotatable bonds is 3. The molecule has 1 aliphatic carbocycles. The average molecular weight is 192 g/mol. The molecule has 0 radical (unpaired) electrons. The van der Waals surface area contributed by atoms with Gasteiger partial charge in [0.2, 0.25) is 0 Å². The molecule has 0 aromatic heterocycles. The van der Waals surface area contributed by atoms with Gasteiger partial charge in [-0.15, -0.1) is 0 Å². The molecule has 2 heteroatoms. The van der Waals surface area contributed by atoms with Crippen molar-refractivity contribution < 1.29 is 10.2 Å². The van der Waals surface area contributed by atoms with Gasteiger partial charge in [-0.25, -0.2) is 0 Å². The predicted octanol–water partition coefficient (Wildman–Crippen LogP) is 1.80. The van der Waals surface area contributed by atoms with Crippen molar-refractivity contribution >= 4 is 0 Å². The van der Waals surface area contributed by atoms with Crippen LogP contribution < -0.4 is 0 Å². The van der Waals surface area contributed by atoms with Crippen molar-refractivity contribution in [2.75, 3.05) is 0 Å². The first-order valence-corrected chi connectivity index (χ1v) is 5.11. The van der Waals surface area contributed by atoms with E-state index < -0.39 is 12.2 Å². The van der Waals surface area contributed by atoms with Crippen LogP contribution in [-0.4, -0.2) is 16.3 Å². The minimum Gasteiger partial charge on any atom is -0.390 e. The summed E-state index contributed by atoms with van der Waals surface area (Å²) >= 11 is 0. The van der Waals surface area contributed by atoms with Crippen molar-refractivity contribution in [2.45, 2.75) is 32.0 Å². The van der Waals surface area contributed by atoms with Crippen molar-refractivity contribution in [2.24, 2.45) is 5.92 Å². The van der Waals surface area contributed by atoms with Crippen molar-refractivity contribution in [3.8, 4) is 0 Å². The van der Waals surface area contributed by atoms with E-state index in [4.69, 9.17) is 0 Å². The van der Waals surface area contributed by atoms with Crippen LogP contribution in [0.5, 0.6) is 0 Å². The van der Waals surface area contributed by atoms with Gasteiger partial charge in [0, 0.05) is 0 Å². The molecule has 1 saturated carbocycles. The summed E-state index contributed by atoms with van der Waals surface area (Å²) in [6.07, 6.45) is 0.785. The van der Waals surface area contributed by atoms with Gasteiger partial charge >= 0.3 is 0 Å². The van der Waals surface area contributed by atoms with E-state index in [1.165, 1.54) is 0 Å². The molecule has 1 fully saturated rings. The maximum absolute atomic E-state index is 9.87. The summed E-state index contributed by atoms with van der Waals surface area (Å²) in [5.41, 5.74) is 1.94. The summed E-state index contributed by atoms with van der Waals surface area (Å²) in [5.74, 6) is 0.311. The molecule has 2 rings (SSSR count). The van der Waals surface area contributed by atoms with Crippen molar-refractivity contribution in [3.05, 3.63) is 35.4 Å². The molecule has 1 aromatic carbocycles. The number of hydrogen-bond acceptors (Lipinski definition) is 2. The summed E-state index contributed by atoms with van der Waals surface area (Å²) < 4.78 is 0. The molecule has 0 saturated heterocycles. The highest BCUT2D eigenvalue weighted by Gasteiger charge is 2.34. The molecule has 0 amide bonds. The van der Waals surface area contributed by atoms with Gasteiger partial charge in [0.25, 0.3) is 0 Å². The standard InChI is InChI=1S/C12H16O2/c1-8-3-2-4-10(7-8)12(14)11(13)9-5-6-9/h2-4,7,9,11-14H,5-6H2,1H3. The molecule has 0 spiro atoms. The van der Waals surface area contributed by atoms with E-state index in [1.807, 2.05) is 31.2 Å². The molecule has 0 heterocycles. The second-order valence-electron chi connectivity index (χ2n) is 4.19. The molecule has 0 aliphatic heterocycles. The molecule has 2 atom stereocenters. The van der Waals surface area contributed by atoms with E-state index in [1.54, 1.807) is 0 Å². The molecule has 2 N–H and O–H groups in total. The van der Waals surface area contributed by atoms with Gasteiger partial charge in [-0.2, -0.15) is 0 Å². The Morgan fingerprint density at radius 3 is 2.57 bits per heavy atom.